The van der Waals surface area contributed by atoms with Gasteiger partial charge in [-0.05, 0) is 12.1 Å². The van der Waals surface area contributed by atoms with Gasteiger partial charge in [-0.15, -0.1) is 5.10 Å². The maximum absolute atomic E-state index is 11.6. The molecule has 0 aliphatic heterocycles. The lowest BCUT2D eigenvalue weighted by atomic mass is 10.2. The van der Waals surface area contributed by atoms with E-state index in [0.29, 0.717) is 26.1 Å². The van der Waals surface area contributed by atoms with Crippen molar-refractivity contribution in [2.75, 3.05) is 67.1 Å². The number of nitrogen functional groups attached to an aromatic ring is 2. The highest BCUT2D eigenvalue weighted by molar-refractivity contribution is 7.90. The minimum absolute atomic E-state index is 0. The molecule has 0 radical (unpaired) electrons. The Morgan fingerprint density at radius 3 is 1.61 bits per heavy atom. The zero-order chi connectivity index (χ0) is 25.6. The number of sulfone groups is 1. The summed E-state index contributed by atoms with van der Waals surface area (Å²) in [4.78, 5) is 0. The Labute approximate surface area is 214 Å². The predicted molar refractivity (Wildman–Crippen MR) is 151 cm³/mol. The van der Waals surface area contributed by atoms with Crippen LogP contribution >= 0.6 is 0 Å². The molecule has 0 aromatic carbocycles. The van der Waals surface area contributed by atoms with Gasteiger partial charge in [-0.1, -0.05) is 0 Å². The minimum atomic E-state index is -3.42. The van der Waals surface area contributed by atoms with Crippen LogP contribution in [0.15, 0.2) is 41.7 Å². The van der Waals surface area contributed by atoms with E-state index in [2.05, 4.69) is 31.3 Å². The first-order valence-corrected chi connectivity index (χ1v) is 12.4. The Balaban J connectivity index is 0.000000343. The van der Waals surface area contributed by atoms with E-state index in [1.165, 1.54) is 4.52 Å². The summed E-state index contributed by atoms with van der Waals surface area (Å²) in [6.45, 7) is 0. The van der Waals surface area contributed by atoms with Crippen molar-refractivity contribution >= 4 is 43.6 Å². The van der Waals surface area contributed by atoms with E-state index in [9.17, 15) is 8.42 Å². The SMILES string of the molecule is COc1nn2cccc([N+](C)(C)C)c2c1N.C[N+](C)(C)c1cccn2nc(S(C)(=O)=O)c(N)c12.[CH3-].[CH3-]. The highest BCUT2D eigenvalue weighted by Gasteiger charge is 2.26. The predicted octanol–water partition coefficient (Wildman–Crippen LogP) is 2.54. The number of hydrogen-bond donors (Lipinski definition) is 2. The lowest BCUT2D eigenvalue weighted by Gasteiger charge is -2.24. The van der Waals surface area contributed by atoms with Crippen molar-refractivity contribution in [2.24, 2.45) is 0 Å². The van der Waals surface area contributed by atoms with Gasteiger partial charge in [0.05, 0.1) is 49.4 Å². The topological polar surface area (TPSA) is 130 Å². The summed E-state index contributed by atoms with van der Waals surface area (Å²) >= 11 is 0. The summed E-state index contributed by atoms with van der Waals surface area (Å²) in [5.41, 5.74) is 16.4. The van der Waals surface area contributed by atoms with Crippen LogP contribution in [0.2, 0.25) is 0 Å². The summed E-state index contributed by atoms with van der Waals surface area (Å²) in [7, 11) is 10.4. The van der Waals surface area contributed by atoms with Gasteiger partial charge >= 0.3 is 0 Å². The number of quaternary nitrogens is 2. The molecule has 0 aliphatic rings. The fourth-order valence-electron chi connectivity index (χ4n) is 3.68. The van der Waals surface area contributed by atoms with Crippen molar-refractivity contribution < 1.29 is 13.2 Å². The van der Waals surface area contributed by atoms with Crippen LogP contribution in [-0.2, 0) is 9.84 Å². The molecule has 4 aromatic rings. The van der Waals surface area contributed by atoms with Crippen molar-refractivity contribution in [1.82, 2.24) is 28.2 Å². The monoisotopic (exact) mass is 520 g/mol. The Bertz CT molecular complexity index is 1460. The molecule has 4 heterocycles. The van der Waals surface area contributed by atoms with E-state index in [4.69, 9.17) is 16.2 Å². The van der Waals surface area contributed by atoms with Crippen LogP contribution in [0.1, 0.15) is 0 Å². The van der Waals surface area contributed by atoms with Gasteiger partial charge in [-0.25, -0.2) is 17.4 Å². The molecule has 4 N–H and O–H groups in total. The summed E-state index contributed by atoms with van der Waals surface area (Å²) in [5, 5.41) is 8.25. The molecule has 4 aromatic heterocycles. The van der Waals surface area contributed by atoms with Gasteiger partial charge in [0.25, 0.3) is 5.88 Å². The third kappa shape index (κ3) is 5.72. The average Bonchev–Trinajstić information content (AvgIpc) is 3.24. The van der Waals surface area contributed by atoms with Crippen molar-refractivity contribution in [1.29, 1.82) is 0 Å². The lowest BCUT2D eigenvalue weighted by Crippen LogP contribution is -2.35. The smallest absolute Gasteiger partial charge is 0.257 e. The number of fused-ring (bicyclic) bond motifs is 2. The van der Waals surface area contributed by atoms with Crippen LogP contribution in [0.4, 0.5) is 22.7 Å². The van der Waals surface area contributed by atoms with Gasteiger partial charge in [-0.3, -0.25) is 8.97 Å². The molecule has 0 bridgehead atoms. The molecule has 4 rings (SSSR count). The van der Waals surface area contributed by atoms with E-state index >= 15 is 0 Å². The zero-order valence-corrected chi connectivity index (χ0v) is 23.8. The fourth-order valence-corrected chi connectivity index (χ4v) is 4.41. The minimum Gasteiger partial charge on any atom is -0.478 e. The van der Waals surface area contributed by atoms with E-state index < -0.39 is 9.84 Å². The lowest BCUT2D eigenvalue weighted by molar-refractivity contribution is 0.397. The fraction of sp³-hybridized carbons (Fsp3) is 0.333. The summed E-state index contributed by atoms with van der Waals surface area (Å²) in [6.07, 6.45) is 4.67. The van der Waals surface area contributed by atoms with Gasteiger partial charge in [0.15, 0.2) is 32.2 Å². The van der Waals surface area contributed by atoms with Crippen LogP contribution in [0.3, 0.4) is 0 Å². The molecule has 11 nitrogen and oxygen atoms in total. The highest BCUT2D eigenvalue weighted by Crippen LogP contribution is 2.34. The van der Waals surface area contributed by atoms with Crippen LogP contribution < -0.4 is 25.2 Å². The van der Waals surface area contributed by atoms with E-state index in [0.717, 1.165) is 23.1 Å². The molecule has 0 spiro atoms. The highest BCUT2D eigenvalue weighted by atomic mass is 32.2. The number of anilines is 2. The summed E-state index contributed by atoms with van der Waals surface area (Å²) < 4.78 is 32.9. The van der Waals surface area contributed by atoms with E-state index in [1.54, 1.807) is 17.8 Å². The first kappa shape index (κ1) is 30.7. The van der Waals surface area contributed by atoms with E-state index in [-0.39, 0.29) is 25.6 Å². The third-order valence-corrected chi connectivity index (χ3v) is 6.27. The molecule has 0 saturated heterocycles. The summed E-state index contributed by atoms with van der Waals surface area (Å²) in [5.74, 6) is 0.473. The molecule has 0 atom stereocenters. The van der Waals surface area contributed by atoms with Crippen LogP contribution in [0, 0.1) is 14.9 Å². The molecule has 200 valence electrons. The van der Waals surface area contributed by atoms with Crippen molar-refractivity contribution in [3.05, 3.63) is 51.5 Å². The second kappa shape index (κ2) is 10.3. The number of nitrogens with zero attached hydrogens (tertiary/aromatic N) is 6. The Hall–Kier alpha value is -3.35. The maximum atomic E-state index is 11.6. The van der Waals surface area contributed by atoms with Gasteiger partial charge < -0.3 is 31.1 Å². The van der Waals surface area contributed by atoms with Crippen LogP contribution in [-0.4, -0.2) is 83.3 Å². The molecule has 0 unspecified atom stereocenters. The third-order valence-electron chi connectivity index (χ3n) is 5.26. The number of hydrogen-bond acceptors (Lipinski definition) is 7. The van der Waals surface area contributed by atoms with Gasteiger partial charge in [0.2, 0.25) is 5.03 Å². The molecular weight excluding hydrogens is 480 g/mol. The Morgan fingerprint density at radius 1 is 0.806 bits per heavy atom. The number of rotatable bonds is 4. The zero-order valence-electron chi connectivity index (χ0n) is 22.9. The molecule has 12 heteroatoms. The first-order chi connectivity index (χ1) is 15.6. The number of aromatic nitrogens is 4. The maximum Gasteiger partial charge on any atom is 0.257 e. The quantitative estimate of drug-likeness (QED) is 0.312. The molecule has 0 fully saturated rings. The number of methoxy groups -OCH3 is 1. The molecule has 0 amide bonds. The second-order valence-corrected chi connectivity index (χ2v) is 11.7. The van der Waals surface area contributed by atoms with Crippen molar-refractivity contribution in [3.63, 3.8) is 0 Å². The van der Waals surface area contributed by atoms with E-state index in [1.807, 2.05) is 51.6 Å². The Morgan fingerprint density at radius 2 is 1.22 bits per heavy atom. The van der Waals surface area contributed by atoms with Crippen LogP contribution in [0.25, 0.3) is 11.0 Å². The van der Waals surface area contributed by atoms with Gasteiger partial charge in [0, 0.05) is 30.8 Å². The standard InChI is InChI=1S/C11H17N4O2S.C11H17N4O.2CH3/c1-15(2,3)8-6-5-7-14-10(8)9(12)11(13-14)18(4,16)17;1-15(2,3)8-6-5-7-14-10(8)9(12)11(13-14)16-4;;/h5-7H,12H2,1-4H3;5-7H,12H2,1-4H3;2*1H3/q2*+1;2*-1. The van der Waals surface area contributed by atoms with Crippen LogP contribution in [0.5, 0.6) is 5.88 Å². The largest absolute Gasteiger partial charge is 0.478 e. The van der Waals surface area contributed by atoms with Gasteiger partial charge in [0.1, 0.15) is 11.4 Å². The molecular formula is C24H40N8O3S. The summed E-state index contributed by atoms with van der Waals surface area (Å²) in [6, 6.07) is 7.74. The normalized spacial score (nSPS) is 11.9. The molecule has 0 saturated carbocycles. The molecule has 0 aliphatic carbocycles. The number of ether oxygens (including phenoxy) is 1. The number of pyridine rings is 2. The number of nitrogens with two attached hydrogens (primary N) is 2. The molecule has 36 heavy (non-hydrogen) atoms. The average molecular weight is 521 g/mol. The van der Waals surface area contributed by atoms with Crippen molar-refractivity contribution in [3.8, 4) is 5.88 Å². The second-order valence-electron chi connectivity index (χ2n) is 9.81. The van der Waals surface area contributed by atoms with Crippen molar-refractivity contribution in [2.45, 2.75) is 5.03 Å². The Kier molecular flexibility index (Phi) is 8.80. The van der Waals surface area contributed by atoms with Gasteiger partial charge in [-0.2, -0.15) is 5.10 Å². The first-order valence-electron chi connectivity index (χ1n) is 10.5.